The van der Waals surface area contributed by atoms with Crippen LogP contribution in [0.1, 0.15) is 44.6 Å². The third-order valence-corrected chi connectivity index (χ3v) is 4.08. The molecule has 0 aromatic heterocycles. The van der Waals surface area contributed by atoms with Crippen molar-refractivity contribution >= 4 is 6.09 Å². The zero-order chi connectivity index (χ0) is 15.9. The zero-order valence-electron chi connectivity index (χ0n) is 13.4. The van der Waals surface area contributed by atoms with Crippen LogP contribution < -0.4 is 9.57 Å². The highest BCUT2D eigenvalue weighted by molar-refractivity contribution is 5.63. The topological polar surface area (TPSA) is 59.0 Å². The van der Waals surface area contributed by atoms with Crippen LogP contribution in [0.25, 0.3) is 0 Å². The molecule has 1 aromatic carbocycles. The van der Waals surface area contributed by atoms with E-state index < -0.39 is 6.09 Å². The second-order valence-corrected chi connectivity index (χ2v) is 5.81. The number of carboxylic acid groups (broad SMARTS) is 1. The van der Waals surface area contributed by atoms with Gasteiger partial charge < -0.3 is 14.7 Å². The van der Waals surface area contributed by atoms with Gasteiger partial charge in [0.2, 0.25) is 0 Å². The van der Waals surface area contributed by atoms with E-state index in [0.29, 0.717) is 11.7 Å². The number of nitrogens with zero attached hydrogens (tertiary/aromatic N) is 1. The van der Waals surface area contributed by atoms with Crippen LogP contribution in [0, 0.1) is 12.8 Å². The van der Waals surface area contributed by atoms with E-state index in [1.807, 2.05) is 19.1 Å². The zero-order valence-corrected chi connectivity index (χ0v) is 13.4. The number of amides is 1. The normalized spacial score (nSPS) is 15.4. The average molecular weight is 307 g/mol. The number of ether oxygens (including phenoxy) is 1. The first-order valence-electron chi connectivity index (χ1n) is 8.02. The van der Waals surface area contributed by atoms with Crippen LogP contribution in [-0.2, 0) is 0 Å². The molecule has 0 unspecified atom stereocenters. The Labute approximate surface area is 131 Å². The molecular weight excluding hydrogens is 282 g/mol. The molecule has 0 aliphatic heterocycles. The highest BCUT2D eigenvalue weighted by Gasteiger charge is 2.16. The Bertz CT molecular complexity index is 497. The highest BCUT2D eigenvalue weighted by atomic mass is 16.7. The van der Waals surface area contributed by atoms with E-state index >= 15 is 0 Å². The van der Waals surface area contributed by atoms with Crippen LogP contribution in [0.2, 0.25) is 0 Å². The van der Waals surface area contributed by atoms with Gasteiger partial charge in [-0.2, -0.15) is 0 Å². The maximum absolute atomic E-state index is 11.0. The van der Waals surface area contributed by atoms with Crippen molar-refractivity contribution in [3.8, 4) is 11.5 Å². The molecule has 0 atom stereocenters. The van der Waals surface area contributed by atoms with Gasteiger partial charge >= 0.3 is 6.09 Å². The molecule has 1 aliphatic carbocycles. The summed E-state index contributed by atoms with van der Waals surface area (Å²) in [5.41, 5.74) is 0.879. The van der Waals surface area contributed by atoms with Crippen LogP contribution >= 0.6 is 0 Å². The summed E-state index contributed by atoms with van der Waals surface area (Å²) >= 11 is 0. The Balaban J connectivity index is 1.97. The fraction of sp³-hybridized carbons (Fsp3) is 0.588. The lowest BCUT2D eigenvalue weighted by atomic mass is 9.90. The summed E-state index contributed by atoms with van der Waals surface area (Å²) in [6.07, 6.45) is 5.28. The molecule has 1 amide bonds. The standard InChI is InChI=1S/C17H25NO4/c1-3-18(17(19)20)22-16-11-15(10-9-13(16)2)21-12-14-7-5-4-6-8-14/h9-11,14H,3-8,12H2,1-2H3,(H,19,20). The minimum Gasteiger partial charge on any atom is -0.493 e. The third-order valence-electron chi connectivity index (χ3n) is 4.08. The molecule has 1 aliphatic rings. The molecule has 5 nitrogen and oxygen atoms in total. The number of hydrogen-bond donors (Lipinski definition) is 1. The number of rotatable bonds is 6. The van der Waals surface area contributed by atoms with Gasteiger partial charge in [-0.3, -0.25) is 0 Å². The second-order valence-electron chi connectivity index (χ2n) is 5.81. The lowest BCUT2D eigenvalue weighted by Crippen LogP contribution is -2.32. The Kier molecular flexibility index (Phi) is 5.92. The van der Waals surface area contributed by atoms with Gasteiger partial charge in [-0.05, 0) is 44.2 Å². The highest BCUT2D eigenvalue weighted by Crippen LogP contribution is 2.28. The molecule has 5 heteroatoms. The maximum atomic E-state index is 11.0. The van der Waals surface area contributed by atoms with Gasteiger partial charge in [0.1, 0.15) is 5.75 Å². The maximum Gasteiger partial charge on any atom is 0.440 e. The van der Waals surface area contributed by atoms with Crippen molar-refractivity contribution in [2.75, 3.05) is 13.2 Å². The smallest absolute Gasteiger partial charge is 0.440 e. The van der Waals surface area contributed by atoms with Crippen molar-refractivity contribution in [2.45, 2.75) is 46.0 Å². The molecule has 0 radical (unpaired) electrons. The summed E-state index contributed by atoms with van der Waals surface area (Å²) in [7, 11) is 0. The van der Waals surface area contributed by atoms with Gasteiger partial charge in [0.15, 0.2) is 5.75 Å². The Morgan fingerprint density at radius 3 is 2.68 bits per heavy atom. The van der Waals surface area contributed by atoms with Crippen molar-refractivity contribution < 1.29 is 19.5 Å². The summed E-state index contributed by atoms with van der Waals surface area (Å²) in [5.74, 6) is 1.88. The SMILES string of the molecule is CCN(Oc1cc(OCC2CCCCC2)ccc1C)C(=O)O. The van der Waals surface area contributed by atoms with E-state index in [-0.39, 0.29) is 6.54 Å². The Hall–Kier alpha value is -1.91. The molecule has 0 heterocycles. The fourth-order valence-electron chi connectivity index (χ4n) is 2.69. The number of aryl methyl sites for hydroxylation is 1. The van der Waals surface area contributed by atoms with Gasteiger partial charge in [-0.25, -0.2) is 4.79 Å². The van der Waals surface area contributed by atoms with Crippen molar-refractivity contribution in [3.05, 3.63) is 23.8 Å². The quantitative estimate of drug-likeness (QED) is 0.798. The molecule has 1 saturated carbocycles. The molecule has 1 fully saturated rings. The van der Waals surface area contributed by atoms with Crippen LogP contribution in [0.3, 0.4) is 0 Å². The van der Waals surface area contributed by atoms with Gasteiger partial charge in [-0.1, -0.05) is 25.3 Å². The van der Waals surface area contributed by atoms with E-state index in [9.17, 15) is 4.79 Å². The summed E-state index contributed by atoms with van der Waals surface area (Å²) in [5, 5.41) is 9.95. The fourth-order valence-corrected chi connectivity index (χ4v) is 2.69. The van der Waals surface area contributed by atoms with Crippen LogP contribution in [0.5, 0.6) is 11.5 Å². The van der Waals surface area contributed by atoms with Gasteiger partial charge in [0, 0.05) is 6.07 Å². The molecule has 22 heavy (non-hydrogen) atoms. The molecule has 1 N–H and O–H groups in total. The first kappa shape index (κ1) is 16.5. The molecule has 0 bridgehead atoms. The van der Waals surface area contributed by atoms with Crippen molar-refractivity contribution in [1.29, 1.82) is 0 Å². The summed E-state index contributed by atoms with van der Waals surface area (Å²) in [4.78, 5) is 16.5. The Morgan fingerprint density at radius 1 is 1.32 bits per heavy atom. The minimum absolute atomic E-state index is 0.266. The molecule has 122 valence electrons. The predicted molar refractivity (Wildman–Crippen MR) is 84.3 cm³/mol. The first-order valence-corrected chi connectivity index (χ1v) is 8.02. The summed E-state index contributed by atoms with van der Waals surface area (Å²) in [6, 6.07) is 5.56. The van der Waals surface area contributed by atoms with Crippen molar-refractivity contribution in [3.63, 3.8) is 0 Å². The average Bonchev–Trinajstić information content (AvgIpc) is 2.53. The second kappa shape index (κ2) is 7.92. The van der Waals surface area contributed by atoms with E-state index in [2.05, 4.69) is 0 Å². The number of carbonyl (C=O) groups is 1. The van der Waals surface area contributed by atoms with Crippen LogP contribution in [0.4, 0.5) is 4.79 Å². The summed E-state index contributed by atoms with van der Waals surface area (Å²) in [6.45, 7) is 4.60. The first-order chi connectivity index (χ1) is 10.6. The molecule has 0 saturated heterocycles. The predicted octanol–water partition coefficient (Wildman–Crippen LogP) is 4.25. The number of hydroxylamine groups is 2. The lowest BCUT2D eigenvalue weighted by molar-refractivity contribution is -0.0322. The largest absolute Gasteiger partial charge is 0.493 e. The summed E-state index contributed by atoms with van der Waals surface area (Å²) < 4.78 is 5.87. The van der Waals surface area contributed by atoms with Crippen LogP contribution in [0.15, 0.2) is 18.2 Å². The third kappa shape index (κ3) is 4.55. The van der Waals surface area contributed by atoms with E-state index in [1.54, 1.807) is 13.0 Å². The monoisotopic (exact) mass is 307 g/mol. The van der Waals surface area contributed by atoms with Gasteiger partial charge in [-0.15, -0.1) is 5.06 Å². The number of hydrogen-bond acceptors (Lipinski definition) is 3. The molecule has 0 spiro atoms. The van der Waals surface area contributed by atoms with Crippen molar-refractivity contribution in [1.82, 2.24) is 5.06 Å². The van der Waals surface area contributed by atoms with E-state index in [4.69, 9.17) is 14.7 Å². The molecule has 2 rings (SSSR count). The number of benzene rings is 1. The van der Waals surface area contributed by atoms with E-state index in [0.717, 1.165) is 23.0 Å². The molecular formula is C17H25NO4. The minimum atomic E-state index is -1.10. The lowest BCUT2D eigenvalue weighted by Gasteiger charge is -2.22. The van der Waals surface area contributed by atoms with Crippen molar-refractivity contribution in [2.24, 2.45) is 5.92 Å². The van der Waals surface area contributed by atoms with E-state index in [1.165, 1.54) is 32.1 Å². The molecule has 1 aromatic rings. The van der Waals surface area contributed by atoms with Crippen LogP contribution in [-0.4, -0.2) is 29.4 Å². The Morgan fingerprint density at radius 2 is 2.05 bits per heavy atom. The van der Waals surface area contributed by atoms with Gasteiger partial charge in [0.25, 0.3) is 0 Å². The van der Waals surface area contributed by atoms with Gasteiger partial charge in [0.05, 0.1) is 13.2 Å².